The highest BCUT2D eigenvalue weighted by Gasteiger charge is 2.19. The van der Waals surface area contributed by atoms with E-state index >= 15 is 0 Å². The Bertz CT molecular complexity index is 298. The molecule has 1 atom stereocenters. The predicted molar refractivity (Wildman–Crippen MR) is 62.7 cm³/mol. The molecule has 0 aliphatic heterocycles. The average Bonchev–Trinajstić information content (AvgIpc) is 2.80. The zero-order valence-corrected chi connectivity index (χ0v) is 9.06. The van der Waals surface area contributed by atoms with Crippen LogP contribution in [0.25, 0.3) is 0 Å². The van der Waals surface area contributed by atoms with Crippen molar-refractivity contribution in [2.45, 2.75) is 37.9 Å². The molecule has 80 valence electrons. The molecule has 1 saturated carbocycles. The van der Waals surface area contributed by atoms with E-state index in [0.29, 0.717) is 6.10 Å². The monoisotopic (exact) mass is 202 g/mol. The maximum absolute atomic E-state index is 6.03. The van der Waals surface area contributed by atoms with Crippen LogP contribution in [0, 0.1) is 0 Å². The molecule has 1 fully saturated rings. The third kappa shape index (κ3) is 2.69. The van der Waals surface area contributed by atoms with Gasteiger partial charge in [-0.25, -0.2) is 0 Å². The zero-order valence-electron chi connectivity index (χ0n) is 9.06. The summed E-state index contributed by atoms with van der Waals surface area (Å²) in [6, 6.07) is 10.3. The van der Waals surface area contributed by atoms with E-state index in [-0.39, 0.29) is 6.10 Å². The van der Waals surface area contributed by atoms with E-state index in [1.54, 1.807) is 0 Å². The third-order valence-corrected chi connectivity index (χ3v) is 2.98. The van der Waals surface area contributed by atoms with Gasteiger partial charge in [0.05, 0.1) is 6.10 Å². The fourth-order valence-electron chi connectivity index (χ4n) is 2.14. The van der Waals surface area contributed by atoms with E-state index in [1.165, 1.54) is 31.2 Å². The molecule has 1 aromatic carbocycles. The summed E-state index contributed by atoms with van der Waals surface area (Å²) in [4.78, 5) is 0. The van der Waals surface area contributed by atoms with Gasteiger partial charge in [-0.1, -0.05) is 49.2 Å². The molecule has 0 heterocycles. The summed E-state index contributed by atoms with van der Waals surface area (Å²) in [7, 11) is 0. The van der Waals surface area contributed by atoms with Crippen LogP contribution >= 0.6 is 0 Å². The van der Waals surface area contributed by atoms with E-state index in [0.717, 1.165) is 0 Å². The molecule has 1 aliphatic rings. The zero-order chi connectivity index (χ0) is 10.5. The molecular formula is C14H18O. The van der Waals surface area contributed by atoms with Crippen LogP contribution in [0.1, 0.15) is 37.4 Å². The van der Waals surface area contributed by atoms with E-state index in [9.17, 15) is 0 Å². The van der Waals surface area contributed by atoms with Gasteiger partial charge in [-0.15, -0.1) is 6.58 Å². The van der Waals surface area contributed by atoms with E-state index in [1.807, 2.05) is 24.3 Å². The lowest BCUT2D eigenvalue weighted by atomic mass is 10.1. The summed E-state index contributed by atoms with van der Waals surface area (Å²) in [6.07, 6.45) is 7.43. The SMILES string of the molecule is C=CC(OC1CCCC1)c1ccccc1. The molecule has 1 aromatic rings. The molecule has 0 N–H and O–H groups in total. The normalized spacial score (nSPS) is 18.9. The van der Waals surface area contributed by atoms with Crippen molar-refractivity contribution in [3.8, 4) is 0 Å². The maximum Gasteiger partial charge on any atom is 0.101 e. The van der Waals surface area contributed by atoms with Gasteiger partial charge in [0.15, 0.2) is 0 Å². The Balaban J connectivity index is 2.01. The maximum atomic E-state index is 6.03. The summed E-state index contributed by atoms with van der Waals surface area (Å²) < 4.78 is 6.03. The van der Waals surface area contributed by atoms with E-state index in [2.05, 4.69) is 18.7 Å². The summed E-state index contributed by atoms with van der Waals surface area (Å²) in [6.45, 7) is 3.85. The van der Waals surface area contributed by atoms with E-state index < -0.39 is 0 Å². The van der Waals surface area contributed by atoms with Gasteiger partial charge in [0.1, 0.15) is 6.10 Å². The van der Waals surface area contributed by atoms with Crippen LogP contribution in [0.5, 0.6) is 0 Å². The Kier molecular flexibility index (Phi) is 3.57. The molecule has 0 bridgehead atoms. The van der Waals surface area contributed by atoms with Crippen LogP contribution in [0.4, 0.5) is 0 Å². The van der Waals surface area contributed by atoms with Crippen LogP contribution in [0.2, 0.25) is 0 Å². The van der Waals surface area contributed by atoms with Crippen molar-refractivity contribution in [2.24, 2.45) is 0 Å². The largest absolute Gasteiger partial charge is 0.366 e. The minimum absolute atomic E-state index is 0.0642. The second-order valence-electron chi connectivity index (χ2n) is 4.11. The fourth-order valence-corrected chi connectivity index (χ4v) is 2.14. The van der Waals surface area contributed by atoms with Crippen LogP contribution in [-0.2, 0) is 4.74 Å². The van der Waals surface area contributed by atoms with Gasteiger partial charge in [-0.3, -0.25) is 0 Å². The highest BCUT2D eigenvalue weighted by atomic mass is 16.5. The van der Waals surface area contributed by atoms with Crippen LogP contribution in [0.15, 0.2) is 43.0 Å². The lowest BCUT2D eigenvalue weighted by Gasteiger charge is -2.19. The molecule has 1 unspecified atom stereocenters. The number of rotatable bonds is 4. The Hall–Kier alpha value is -1.08. The summed E-state index contributed by atoms with van der Waals surface area (Å²) in [5.41, 5.74) is 1.21. The predicted octanol–water partition coefficient (Wildman–Crippen LogP) is 3.87. The van der Waals surface area contributed by atoms with Gasteiger partial charge in [0.25, 0.3) is 0 Å². The van der Waals surface area contributed by atoms with Crippen LogP contribution in [-0.4, -0.2) is 6.10 Å². The standard InChI is InChI=1S/C14H18O/c1-2-14(12-8-4-3-5-9-12)15-13-10-6-7-11-13/h2-5,8-9,13-14H,1,6-7,10-11H2. The Morgan fingerprint density at radius 2 is 1.87 bits per heavy atom. The highest BCUT2D eigenvalue weighted by molar-refractivity contribution is 5.20. The van der Waals surface area contributed by atoms with E-state index in [4.69, 9.17) is 4.74 Å². The first-order valence-electron chi connectivity index (χ1n) is 5.73. The minimum Gasteiger partial charge on any atom is -0.366 e. The first kappa shape index (κ1) is 10.4. The van der Waals surface area contributed by atoms with Gasteiger partial charge in [0.2, 0.25) is 0 Å². The van der Waals surface area contributed by atoms with Crippen LogP contribution in [0.3, 0.4) is 0 Å². The summed E-state index contributed by atoms with van der Waals surface area (Å²) >= 11 is 0. The molecule has 0 spiro atoms. The molecule has 0 radical (unpaired) electrons. The lowest BCUT2D eigenvalue weighted by Crippen LogP contribution is -2.11. The molecule has 0 aromatic heterocycles. The average molecular weight is 202 g/mol. The number of ether oxygens (including phenoxy) is 1. The number of hydrogen-bond acceptors (Lipinski definition) is 1. The molecule has 1 aliphatic carbocycles. The van der Waals surface area contributed by atoms with Crippen molar-refractivity contribution in [2.75, 3.05) is 0 Å². The molecule has 2 rings (SSSR count). The van der Waals surface area contributed by atoms with Crippen molar-refractivity contribution in [1.82, 2.24) is 0 Å². The fraction of sp³-hybridized carbons (Fsp3) is 0.429. The Morgan fingerprint density at radius 3 is 2.47 bits per heavy atom. The van der Waals surface area contributed by atoms with Crippen molar-refractivity contribution in [3.05, 3.63) is 48.6 Å². The van der Waals surface area contributed by atoms with Gasteiger partial charge < -0.3 is 4.74 Å². The Labute approximate surface area is 91.8 Å². The summed E-state index contributed by atoms with van der Waals surface area (Å²) in [5, 5.41) is 0. The molecule has 0 amide bonds. The van der Waals surface area contributed by atoms with Gasteiger partial charge >= 0.3 is 0 Å². The van der Waals surface area contributed by atoms with Gasteiger partial charge in [0, 0.05) is 0 Å². The second-order valence-corrected chi connectivity index (χ2v) is 4.11. The summed E-state index contributed by atoms with van der Waals surface area (Å²) in [5.74, 6) is 0. The molecule has 1 heteroatoms. The Morgan fingerprint density at radius 1 is 1.20 bits per heavy atom. The van der Waals surface area contributed by atoms with Gasteiger partial charge in [-0.05, 0) is 18.4 Å². The first-order valence-corrected chi connectivity index (χ1v) is 5.73. The lowest BCUT2D eigenvalue weighted by molar-refractivity contribution is 0.0170. The quantitative estimate of drug-likeness (QED) is 0.673. The van der Waals surface area contributed by atoms with Crippen molar-refractivity contribution < 1.29 is 4.74 Å². The molecular weight excluding hydrogens is 184 g/mol. The van der Waals surface area contributed by atoms with Crippen molar-refractivity contribution in [3.63, 3.8) is 0 Å². The van der Waals surface area contributed by atoms with Crippen molar-refractivity contribution in [1.29, 1.82) is 0 Å². The van der Waals surface area contributed by atoms with Gasteiger partial charge in [-0.2, -0.15) is 0 Å². The second kappa shape index (κ2) is 5.13. The third-order valence-electron chi connectivity index (χ3n) is 2.98. The molecule has 1 nitrogen and oxygen atoms in total. The number of hydrogen-bond donors (Lipinski definition) is 0. The number of benzene rings is 1. The first-order chi connectivity index (χ1) is 7.40. The van der Waals surface area contributed by atoms with Crippen molar-refractivity contribution >= 4 is 0 Å². The highest BCUT2D eigenvalue weighted by Crippen LogP contribution is 2.28. The topological polar surface area (TPSA) is 9.23 Å². The minimum atomic E-state index is 0.0642. The smallest absolute Gasteiger partial charge is 0.101 e. The van der Waals surface area contributed by atoms with Crippen LogP contribution < -0.4 is 0 Å². The molecule has 0 saturated heterocycles. The molecule has 15 heavy (non-hydrogen) atoms.